The molecule has 1 heterocycles. The van der Waals surface area contributed by atoms with Crippen molar-refractivity contribution in [3.05, 3.63) is 71.0 Å². The van der Waals surface area contributed by atoms with Gasteiger partial charge in [0.25, 0.3) is 0 Å². The smallest absolute Gasteiger partial charge is 0.226 e. The van der Waals surface area contributed by atoms with E-state index in [1.807, 2.05) is 23.1 Å². The van der Waals surface area contributed by atoms with Gasteiger partial charge in [-0.1, -0.05) is 36.4 Å². The van der Waals surface area contributed by atoms with Gasteiger partial charge in [0.1, 0.15) is 5.82 Å². The molecule has 26 heavy (non-hydrogen) atoms. The summed E-state index contributed by atoms with van der Waals surface area (Å²) in [4.78, 5) is 15.0. The number of carbonyl (C=O) groups is 1. The van der Waals surface area contributed by atoms with Gasteiger partial charge in [-0.15, -0.1) is 0 Å². The van der Waals surface area contributed by atoms with Gasteiger partial charge in [0, 0.05) is 19.0 Å². The fraction of sp³-hybridized carbons (Fsp3) is 0.381. The maximum atomic E-state index is 13.4. The maximum Gasteiger partial charge on any atom is 0.226 e. The van der Waals surface area contributed by atoms with Crippen LogP contribution in [0.3, 0.4) is 0 Å². The Morgan fingerprint density at radius 3 is 2.58 bits per heavy atom. The van der Waals surface area contributed by atoms with Crippen LogP contribution >= 0.6 is 0 Å². The molecule has 0 bridgehead atoms. The maximum absolute atomic E-state index is 13.4. The summed E-state index contributed by atoms with van der Waals surface area (Å²) in [7, 11) is 0. The molecule has 1 atom stereocenters. The number of rotatable bonds is 3. The molecule has 1 fully saturated rings. The van der Waals surface area contributed by atoms with E-state index in [-0.39, 0.29) is 30.2 Å². The molecule has 4 rings (SSSR count). The molecule has 1 aliphatic heterocycles. The van der Waals surface area contributed by atoms with Gasteiger partial charge in [-0.3, -0.25) is 4.79 Å². The van der Waals surface area contributed by atoms with Gasteiger partial charge in [0.2, 0.25) is 5.91 Å². The van der Waals surface area contributed by atoms with Crippen LogP contribution in [0.2, 0.25) is 0 Å². The number of nitrogens with zero attached hydrogens (tertiary/aromatic N) is 1. The zero-order valence-electron chi connectivity index (χ0n) is 14.6. The first kappa shape index (κ1) is 17.2. The fourth-order valence-corrected chi connectivity index (χ4v) is 4.24. The Bertz CT molecular complexity index is 815. The second-order valence-electron chi connectivity index (χ2n) is 7.47. The lowest BCUT2D eigenvalue weighted by Gasteiger charge is -2.46. The minimum absolute atomic E-state index is 0.0481. The zero-order chi connectivity index (χ0) is 18.3. The third-order valence-corrected chi connectivity index (χ3v) is 5.73. The Balaban J connectivity index is 1.67. The van der Waals surface area contributed by atoms with Gasteiger partial charge in [-0.25, -0.2) is 4.39 Å². The summed E-state index contributed by atoms with van der Waals surface area (Å²) in [5.41, 5.74) is 7.90. The molecule has 1 saturated carbocycles. The SMILES string of the molecule is NCC1(O)CC(C(=O)N2CCc3ccccc3[C@@H]2c2ccc(F)cc2)C1. The summed E-state index contributed by atoms with van der Waals surface area (Å²) in [5, 5.41) is 10.2. The summed E-state index contributed by atoms with van der Waals surface area (Å²) in [6, 6.07) is 14.3. The molecule has 0 radical (unpaired) electrons. The normalized spacial score (nSPS) is 27.6. The Labute approximate surface area is 152 Å². The molecule has 136 valence electrons. The van der Waals surface area contributed by atoms with Crippen LogP contribution < -0.4 is 5.73 Å². The molecule has 5 heteroatoms. The van der Waals surface area contributed by atoms with Crippen LogP contribution in [0, 0.1) is 11.7 Å². The van der Waals surface area contributed by atoms with E-state index in [0.29, 0.717) is 19.4 Å². The number of fused-ring (bicyclic) bond motifs is 1. The predicted octanol–water partition coefficient (Wildman–Crippen LogP) is 2.40. The Morgan fingerprint density at radius 1 is 1.19 bits per heavy atom. The van der Waals surface area contributed by atoms with Crippen molar-refractivity contribution >= 4 is 5.91 Å². The standard InChI is InChI=1S/C21H23FN2O2/c22-17-7-5-15(6-8-17)19-18-4-2-1-3-14(18)9-10-24(19)20(25)16-11-21(26,12-16)13-23/h1-8,16,19,26H,9-13,23H2/t16?,19-,21?/m0/s1. The molecule has 0 saturated heterocycles. The molecule has 1 amide bonds. The number of halogens is 1. The van der Waals surface area contributed by atoms with Gasteiger partial charge in [0.05, 0.1) is 11.6 Å². The van der Waals surface area contributed by atoms with Crippen molar-refractivity contribution in [1.82, 2.24) is 4.90 Å². The minimum atomic E-state index is -0.903. The molecule has 2 aromatic rings. The third kappa shape index (κ3) is 2.91. The first-order valence-corrected chi connectivity index (χ1v) is 9.07. The summed E-state index contributed by atoms with van der Waals surface area (Å²) in [6.07, 6.45) is 1.63. The van der Waals surface area contributed by atoms with E-state index in [0.717, 1.165) is 17.5 Å². The molecule has 4 nitrogen and oxygen atoms in total. The highest BCUT2D eigenvalue weighted by molar-refractivity contribution is 5.81. The van der Waals surface area contributed by atoms with Gasteiger partial charge in [-0.2, -0.15) is 0 Å². The second-order valence-corrected chi connectivity index (χ2v) is 7.47. The van der Waals surface area contributed by atoms with E-state index in [1.165, 1.54) is 17.7 Å². The van der Waals surface area contributed by atoms with Crippen LogP contribution in [-0.4, -0.2) is 34.6 Å². The molecular formula is C21H23FN2O2. The Kier molecular flexibility index (Phi) is 4.29. The highest BCUT2D eigenvalue weighted by Crippen LogP contribution is 2.42. The average Bonchev–Trinajstić information content (AvgIpc) is 2.65. The van der Waals surface area contributed by atoms with Crippen LogP contribution in [0.15, 0.2) is 48.5 Å². The van der Waals surface area contributed by atoms with Crippen molar-refractivity contribution in [3.63, 3.8) is 0 Å². The third-order valence-electron chi connectivity index (χ3n) is 5.73. The van der Waals surface area contributed by atoms with Crippen molar-refractivity contribution in [2.45, 2.75) is 30.9 Å². The van der Waals surface area contributed by atoms with Crippen LogP contribution in [0.5, 0.6) is 0 Å². The largest absolute Gasteiger partial charge is 0.389 e. The van der Waals surface area contributed by atoms with E-state index >= 15 is 0 Å². The lowest BCUT2D eigenvalue weighted by atomic mass is 9.70. The molecule has 3 N–H and O–H groups in total. The molecule has 0 aromatic heterocycles. The first-order valence-electron chi connectivity index (χ1n) is 9.07. The molecule has 1 aliphatic carbocycles. The van der Waals surface area contributed by atoms with Crippen LogP contribution in [0.1, 0.15) is 35.6 Å². The van der Waals surface area contributed by atoms with Crippen LogP contribution in [-0.2, 0) is 11.2 Å². The monoisotopic (exact) mass is 354 g/mol. The quantitative estimate of drug-likeness (QED) is 0.889. The number of aliphatic hydroxyl groups is 1. The van der Waals surface area contributed by atoms with Gasteiger partial charge in [-0.05, 0) is 48.1 Å². The number of hydrogen-bond donors (Lipinski definition) is 2. The van der Waals surface area contributed by atoms with Crippen molar-refractivity contribution in [2.75, 3.05) is 13.1 Å². The molecule has 0 spiro atoms. The van der Waals surface area contributed by atoms with Crippen molar-refractivity contribution < 1.29 is 14.3 Å². The molecule has 2 aromatic carbocycles. The average molecular weight is 354 g/mol. The van der Waals surface area contributed by atoms with Crippen molar-refractivity contribution in [2.24, 2.45) is 11.7 Å². The second kappa shape index (κ2) is 6.49. The van der Waals surface area contributed by atoms with Crippen LogP contribution in [0.25, 0.3) is 0 Å². The number of benzene rings is 2. The topological polar surface area (TPSA) is 66.6 Å². The Hall–Kier alpha value is -2.24. The molecule has 2 aliphatic rings. The van der Waals surface area contributed by atoms with E-state index in [4.69, 9.17) is 5.73 Å². The summed E-state index contributed by atoms with van der Waals surface area (Å²) >= 11 is 0. The fourth-order valence-electron chi connectivity index (χ4n) is 4.24. The first-order chi connectivity index (χ1) is 12.5. The zero-order valence-corrected chi connectivity index (χ0v) is 14.6. The minimum Gasteiger partial charge on any atom is -0.389 e. The highest BCUT2D eigenvalue weighted by Gasteiger charge is 2.48. The van der Waals surface area contributed by atoms with E-state index in [2.05, 4.69) is 6.07 Å². The van der Waals surface area contributed by atoms with Gasteiger partial charge in [0.15, 0.2) is 0 Å². The number of hydrogen-bond acceptors (Lipinski definition) is 3. The summed E-state index contributed by atoms with van der Waals surface area (Å²) in [5.74, 6) is -0.438. The molecule has 0 unspecified atom stereocenters. The number of amides is 1. The number of carbonyl (C=O) groups excluding carboxylic acids is 1. The van der Waals surface area contributed by atoms with Crippen molar-refractivity contribution in [3.8, 4) is 0 Å². The highest BCUT2D eigenvalue weighted by atomic mass is 19.1. The summed E-state index contributed by atoms with van der Waals surface area (Å²) < 4.78 is 13.4. The van der Waals surface area contributed by atoms with E-state index in [1.54, 1.807) is 12.1 Å². The van der Waals surface area contributed by atoms with Gasteiger partial charge < -0.3 is 15.7 Å². The van der Waals surface area contributed by atoms with E-state index < -0.39 is 5.60 Å². The Morgan fingerprint density at radius 2 is 1.88 bits per heavy atom. The molecular weight excluding hydrogens is 331 g/mol. The van der Waals surface area contributed by atoms with Gasteiger partial charge >= 0.3 is 0 Å². The van der Waals surface area contributed by atoms with Crippen LogP contribution in [0.4, 0.5) is 4.39 Å². The van der Waals surface area contributed by atoms with Crippen molar-refractivity contribution in [1.29, 1.82) is 0 Å². The predicted molar refractivity (Wildman–Crippen MR) is 96.8 cm³/mol. The summed E-state index contributed by atoms with van der Waals surface area (Å²) in [6.45, 7) is 0.802. The lowest BCUT2D eigenvalue weighted by Crippen LogP contribution is -2.56. The lowest BCUT2D eigenvalue weighted by molar-refractivity contribution is -0.152. The number of nitrogens with two attached hydrogens (primary N) is 1. The van der Waals surface area contributed by atoms with E-state index in [9.17, 15) is 14.3 Å².